The van der Waals surface area contributed by atoms with E-state index < -0.39 is 11.5 Å². The Bertz CT molecular complexity index is 986. The number of aromatic nitrogens is 2. The molecule has 2 N–H and O–H groups in total. The van der Waals surface area contributed by atoms with Gasteiger partial charge in [-0.15, -0.1) is 0 Å². The lowest BCUT2D eigenvalue weighted by Gasteiger charge is -2.22. The molecule has 0 aliphatic heterocycles. The number of carbonyl (C=O) groups is 1. The van der Waals surface area contributed by atoms with E-state index in [4.69, 9.17) is 0 Å². The average Bonchev–Trinajstić information content (AvgIpc) is 2.68. The van der Waals surface area contributed by atoms with Crippen molar-refractivity contribution in [3.05, 3.63) is 70.1 Å². The van der Waals surface area contributed by atoms with Gasteiger partial charge in [-0.05, 0) is 48.6 Å². The van der Waals surface area contributed by atoms with Crippen LogP contribution in [0.25, 0.3) is 11.0 Å². The Balaban J connectivity index is 1.52. The van der Waals surface area contributed by atoms with Gasteiger partial charge in [0.05, 0.1) is 11.0 Å². The van der Waals surface area contributed by atoms with E-state index in [2.05, 4.69) is 27.4 Å². The van der Waals surface area contributed by atoms with Crippen LogP contribution in [0.5, 0.6) is 0 Å². The van der Waals surface area contributed by atoms with Crippen LogP contribution in [0.15, 0.2) is 53.3 Å². The number of para-hydroxylation sites is 2. The van der Waals surface area contributed by atoms with E-state index in [1.807, 2.05) is 24.3 Å². The van der Waals surface area contributed by atoms with Crippen molar-refractivity contribution in [2.45, 2.75) is 38.0 Å². The fraction of sp³-hybridized carbons (Fsp3) is 0.286. The Kier molecular flexibility index (Phi) is 4.52. The second-order valence-corrected chi connectivity index (χ2v) is 6.84. The summed E-state index contributed by atoms with van der Waals surface area (Å²) in [5.74, 6) is 0.126. The number of nitrogens with zero attached hydrogens (tertiary/aromatic N) is 1. The summed E-state index contributed by atoms with van der Waals surface area (Å²) in [5.41, 5.74) is 2.59. The fourth-order valence-electron chi connectivity index (χ4n) is 3.65. The molecule has 2 aromatic carbocycles. The van der Waals surface area contributed by atoms with Crippen molar-refractivity contribution >= 4 is 22.6 Å². The van der Waals surface area contributed by atoms with E-state index in [0.29, 0.717) is 22.6 Å². The van der Waals surface area contributed by atoms with Crippen LogP contribution in [0, 0.1) is 0 Å². The van der Waals surface area contributed by atoms with Gasteiger partial charge in [-0.25, -0.2) is 4.98 Å². The third-order valence-electron chi connectivity index (χ3n) is 5.06. The molecular formula is C21H21N3O2. The van der Waals surface area contributed by atoms with Gasteiger partial charge in [-0.3, -0.25) is 9.59 Å². The largest absolute Gasteiger partial charge is 0.320 e. The predicted molar refractivity (Wildman–Crippen MR) is 103 cm³/mol. The molecule has 132 valence electrons. The van der Waals surface area contributed by atoms with E-state index in [0.717, 1.165) is 0 Å². The molecule has 4 rings (SSSR count). The predicted octanol–water partition coefficient (Wildman–Crippen LogP) is 4.22. The topological polar surface area (TPSA) is 74.8 Å². The first-order valence-corrected chi connectivity index (χ1v) is 9.11. The van der Waals surface area contributed by atoms with Crippen LogP contribution >= 0.6 is 0 Å². The highest BCUT2D eigenvalue weighted by Gasteiger charge is 2.17. The van der Waals surface area contributed by atoms with E-state index >= 15 is 0 Å². The summed E-state index contributed by atoms with van der Waals surface area (Å²) < 4.78 is 0. The number of hydrogen-bond donors (Lipinski definition) is 2. The number of anilines is 1. The molecule has 1 aliphatic rings. The first-order chi connectivity index (χ1) is 12.7. The lowest BCUT2D eigenvalue weighted by atomic mass is 9.84. The second kappa shape index (κ2) is 7.12. The summed E-state index contributed by atoms with van der Waals surface area (Å²) >= 11 is 0. The summed E-state index contributed by atoms with van der Waals surface area (Å²) in [7, 11) is 0. The third kappa shape index (κ3) is 3.38. The molecule has 1 fully saturated rings. The molecule has 26 heavy (non-hydrogen) atoms. The molecule has 0 atom stereocenters. The SMILES string of the molecule is O=C(Nc1ccc(C2CCCCC2)cc1)c1nc2ccccc2[nH]c1=O. The molecule has 1 aliphatic carbocycles. The van der Waals surface area contributed by atoms with Gasteiger partial charge in [0.25, 0.3) is 11.5 Å². The zero-order valence-electron chi connectivity index (χ0n) is 14.5. The van der Waals surface area contributed by atoms with E-state index in [-0.39, 0.29) is 5.69 Å². The lowest BCUT2D eigenvalue weighted by Crippen LogP contribution is -2.25. The van der Waals surface area contributed by atoms with Gasteiger partial charge in [-0.2, -0.15) is 0 Å². The molecule has 0 saturated heterocycles. The zero-order valence-corrected chi connectivity index (χ0v) is 14.5. The standard InChI is InChI=1S/C21H21N3O2/c25-20(19-21(26)24-18-9-5-4-8-17(18)23-19)22-16-12-10-15(11-13-16)14-6-2-1-3-7-14/h4-5,8-14H,1-3,6-7H2,(H,22,25)(H,24,26). The van der Waals surface area contributed by atoms with Gasteiger partial charge in [0, 0.05) is 5.69 Å². The molecule has 5 nitrogen and oxygen atoms in total. The normalized spacial score (nSPS) is 15.1. The number of nitrogens with one attached hydrogen (secondary N) is 2. The molecule has 0 bridgehead atoms. The van der Waals surface area contributed by atoms with Gasteiger partial charge < -0.3 is 10.3 Å². The third-order valence-corrected chi connectivity index (χ3v) is 5.06. The molecule has 5 heteroatoms. The Labute approximate surface area is 151 Å². The van der Waals surface area contributed by atoms with Crippen LogP contribution in [0.4, 0.5) is 5.69 Å². The maximum atomic E-state index is 12.5. The van der Waals surface area contributed by atoms with E-state index in [1.54, 1.807) is 12.1 Å². The van der Waals surface area contributed by atoms with E-state index in [1.165, 1.54) is 37.7 Å². The number of aromatic amines is 1. The van der Waals surface area contributed by atoms with Gasteiger partial charge >= 0.3 is 0 Å². The molecule has 0 spiro atoms. The number of fused-ring (bicyclic) bond motifs is 1. The highest BCUT2D eigenvalue weighted by atomic mass is 16.2. The summed E-state index contributed by atoms with van der Waals surface area (Å²) in [6.45, 7) is 0. The Morgan fingerprint density at radius 1 is 1.00 bits per heavy atom. The molecule has 0 unspecified atom stereocenters. The van der Waals surface area contributed by atoms with Crippen LogP contribution in [0.2, 0.25) is 0 Å². The van der Waals surface area contributed by atoms with Crippen LogP contribution in [-0.2, 0) is 0 Å². The van der Waals surface area contributed by atoms with Crippen molar-refractivity contribution in [1.29, 1.82) is 0 Å². The molecule has 1 aromatic heterocycles. The minimum absolute atomic E-state index is 0.125. The highest BCUT2D eigenvalue weighted by Crippen LogP contribution is 2.32. The van der Waals surface area contributed by atoms with Crippen LogP contribution in [0.3, 0.4) is 0 Å². The van der Waals surface area contributed by atoms with Crippen molar-refractivity contribution in [3.8, 4) is 0 Å². The summed E-state index contributed by atoms with van der Waals surface area (Å²) in [6, 6.07) is 15.1. The van der Waals surface area contributed by atoms with Crippen LogP contribution in [-0.4, -0.2) is 15.9 Å². The summed E-state index contributed by atoms with van der Waals surface area (Å²) in [6.07, 6.45) is 6.39. The first kappa shape index (κ1) is 16.5. The highest BCUT2D eigenvalue weighted by molar-refractivity contribution is 6.03. The maximum Gasteiger partial charge on any atom is 0.280 e. The Morgan fingerprint density at radius 3 is 2.50 bits per heavy atom. The molecule has 3 aromatic rings. The monoisotopic (exact) mass is 347 g/mol. The number of amides is 1. The van der Waals surface area contributed by atoms with Gasteiger partial charge in [-0.1, -0.05) is 43.5 Å². The zero-order chi connectivity index (χ0) is 17.9. The fourth-order valence-corrected chi connectivity index (χ4v) is 3.65. The molecule has 0 radical (unpaired) electrons. The van der Waals surface area contributed by atoms with Crippen molar-refractivity contribution in [2.24, 2.45) is 0 Å². The number of hydrogen-bond acceptors (Lipinski definition) is 3. The second-order valence-electron chi connectivity index (χ2n) is 6.84. The summed E-state index contributed by atoms with van der Waals surface area (Å²) in [5, 5.41) is 2.77. The van der Waals surface area contributed by atoms with Crippen LogP contribution < -0.4 is 10.9 Å². The molecule has 1 amide bonds. The van der Waals surface area contributed by atoms with Crippen molar-refractivity contribution < 1.29 is 4.79 Å². The lowest BCUT2D eigenvalue weighted by molar-refractivity contribution is 0.102. The van der Waals surface area contributed by atoms with Gasteiger partial charge in [0.15, 0.2) is 5.69 Å². The number of benzene rings is 2. The quantitative estimate of drug-likeness (QED) is 0.745. The smallest absolute Gasteiger partial charge is 0.280 e. The average molecular weight is 347 g/mol. The number of rotatable bonds is 3. The summed E-state index contributed by atoms with van der Waals surface area (Å²) in [4.78, 5) is 31.5. The number of H-pyrrole nitrogens is 1. The Hall–Kier alpha value is -2.95. The minimum Gasteiger partial charge on any atom is -0.320 e. The maximum absolute atomic E-state index is 12.5. The molecular weight excluding hydrogens is 326 g/mol. The van der Waals surface area contributed by atoms with Crippen LogP contribution in [0.1, 0.15) is 54.1 Å². The van der Waals surface area contributed by atoms with E-state index in [9.17, 15) is 9.59 Å². The number of carbonyl (C=O) groups excluding carboxylic acids is 1. The van der Waals surface area contributed by atoms with Crippen molar-refractivity contribution in [1.82, 2.24) is 9.97 Å². The van der Waals surface area contributed by atoms with Gasteiger partial charge in [0.2, 0.25) is 0 Å². The van der Waals surface area contributed by atoms with Gasteiger partial charge in [0.1, 0.15) is 0 Å². The molecule has 1 heterocycles. The minimum atomic E-state index is -0.498. The van der Waals surface area contributed by atoms with Crippen molar-refractivity contribution in [2.75, 3.05) is 5.32 Å². The molecule has 1 saturated carbocycles. The first-order valence-electron chi connectivity index (χ1n) is 9.11. The Morgan fingerprint density at radius 2 is 1.73 bits per heavy atom. The van der Waals surface area contributed by atoms with Crippen molar-refractivity contribution in [3.63, 3.8) is 0 Å².